The molecule has 0 aliphatic heterocycles. The number of likely N-dealkylation sites (N-methyl/N-ethyl adjacent to an activating group) is 1. The summed E-state index contributed by atoms with van der Waals surface area (Å²) >= 11 is 7.58. The largest absolute Gasteiger partial charge is 0.355 e. The molecule has 0 unspecified atom stereocenters. The molecule has 0 aliphatic rings. The summed E-state index contributed by atoms with van der Waals surface area (Å²) in [7, 11) is 4.15. The molecule has 0 saturated heterocycles. The van der Waals surface area contributed by atoms with Gasteiger partial charge in [0.25, 0.3) is 0 Å². The zero-order chi connectivity index (χ0) is 14.4. The lowest BCUT2D eigenvalue weighted by atomic mass is 10.2. The second kappa shape index (κ2) is 7.92. The zero-order valence-electron chi connectivity index (χ0n) is 12.4. The van der Waals surface area contributed by atoms with Gasteiger partial charge in [-0.2, -0.15) is 0 Å². The van der Waals surface area contributed by atoms with E-state index in [2.05, 4.69) is 47.7 Å². The highest BCUT2D eigenvalue weighted by Crippen LogP contribution is 2.21. The van der Waals surface area contributed by atoms with E-state index in [1.165, 1.54) is 11.8 Å². The van der Waals surface area contributed by atoms with Crippen molar-refractivity contribution in [3.05, 3.63) is 11.2 Å². The molecule has 0 spiro atoms. The van der Waals surface area contributed by atoms with Crippen molar-refractivity contribution >= 4 is 29.2 Å². The van der Waals surface area contributed by atoms with Gasteiger partial charge < -0.3 is 9.80 Å². The van der Waals surface area contributed by atoms with Crippen LogP contribution in [0.2, 0.25) is 5.15 Å². The quantitative estimate of drug-likeness (QED) is 0.439. The lowest BCUT2D eigenvalue weighted by Gasteiger charge is -2.27. The molecule has 1 aromatic heterocycles. The van der Waals surface area contributed by atoms with Crippen molar-refractivity contribution in [3.63, 3.8) is 0 Å². The number of hydrogen-bond acceptors (Lipinski definition) is 5. The maximum absolute atomic E-state index is 6.07. The van der Waals surface area contributed by atoms with Gasteiger partial charge in [0.1, 0.15) is 11.0 Å². The third-order valence-electron chi connectivity index (χ3n) is 2.57. The molecule has 0 atom stereocenters. The molecule has 0 radical (unpaired) electrons. The van der Waals surface area contributed by atoms with Crippen LogP contribution in [-0.4, -0.2) is 54.9 Å². The van der Waals surface area contributed by atoms with E-state index in [0.717, 1.165) is 30.6 Å². The van der Waals surface area contributed by atoms with E-state index in [9.17, 15) is 0 Å². The van der Waals surface area contributed by atoms with E-state index >= 15 is 0 Å². The van der Waals surface area contributed by atoms with E-state index in [1.54, 1.807) is 0 Å². The fourth-order valence-corrected chi connectivity index (χ4v) is 2.30. The Kier molecular flexibility index (Phi) is 6.89. The maximum atomic E-state index is 6.07. The average Bonchev–Trinajstić information content (AvgIpc) is 2.32. The Hall–Kier alpha value is -0.520. The monoisotopic (exact) mass is 302 g/mol. The summed E-state index contributed by atoms with van der Waals surface area (Å²) in [6, 6.07) is 1.85. The SMILES string of the molecule is CSc1nc(Cl)cc(N(CCN(C)C)CC(C)C)n1. The van der Waals surface area contributed by atoms with Crippen molar-refractivity contribution in [3.8, 4) is 0 Å². The number of anilines is 1. The van der Waals surface area contributed by atoms with E-state index in [-0.39, 0.29) is 0 Å². The van der Waals surface area contributed by atoms with Crippen LogP contribution in [0.25, 0.3) is 0 Å². The first-order valence-corrected chi connectivity index (χ1v) is 8.01. The Labute approximate surface area is 125 Å². The number of hydrogen-bond donors (Lipinski definition) is 0. The van der Waals surface area contributed by atoms with E-state index < -0.39 is 0 Å². The van der Waals surface area contributed by atoms with Gasteiger partial charge in [0, 0.05) is 25.7 Å². The maximum Gasteiger partial charge on any atom is 0.190 e. The second-order valence-electron chi connectivity index (χ2n) is 5.18. The van der Waals surface area contributed by atoms with Gasteiger partial charge >= 0.3 is 0 Å². The van der Waals surface area contributed by atoms with Crippen LogP contribution in [0, 0.1) is 5.92 Å². The molecule has 0 bridgehead atoms. The van der Waals surface area contributed by atoms with Crippen LogP contribution >= 0.6 is 23.4 Å². The van der Waals surface area contributed by atoms with Crippen molar-refractivity contribution in [1.29, 1.82) is 0 Å². The van der Waals surface area contributed by atoms with Gasteiger partial charge in [0.15, 0.2) is 5.16 Å². The van der Waals surface area contributed by atoms with Crippen molar-refractivity contribution in [1.82, 2.24) is 14.9 Å². The van der Waals surface area contributed by atoms with Gasteiger partial charge in [-0.05, 0) is 26.3 Å². The van der Waals surface area contributed by atoms with Gasteiger partial charge in [0.2, 0.25) is 0 Å². The highest BCUT2D eigenvalue weighted by molar-refractivity contribution is 7.98. The van der Waals surface area contributed by atoms with Gasteiger partial charge in [0.05, 0.1) is 0 Å². The van der Waals surface area contributed by atoms with Crippen LogP contribution in [0.4, 0.5) is 5.82 Å². The normalized spacial score (nSPS) is 11.4. The molecule has 4 nitrogen and oxygen atoms in total. The standard InChI is InChI=1S/C13H23ClN4S/c1-10(2)9-18(7-6-17(3)4)12-8-11(14)15-13(16-12)19-5/h8,10H,6-7,9H2,1-5H3. The Morgan fingerprint density at radius 3 is 2.47 bits per heavy atom. The fourth-order valence-electron chi connectivity index (χ4n) is 1.70. The molecule has 19 heavy (non-hydrogen) atoms. The highest BCUT2D eigenvalue weighted by Gasteiger charge is 2.13. The van der Waals surface area contributed by atoms with Gasteiger partial charge in [-0.25, -0.2) is 9.97 Å². The molecule has 0 N–H and O–H groups in total. The molecule has 1 aromatic rings. The predicted molar refractivity (Wildman–Crippen MR) is 84.4 cm³/mol. The summed E-state index contributed by atoms with van der Waals surface area (Å²) in [6.07, 6.45) is 1.96. The van der Waals surface area contributed by atoms with Crippen LogP contribution in [0.15, 0.2) is 11.2 Å². The first-order valence-electron chi connectivity index (χ1n) is 6.40. The van der Waals surface area contributed by atoms with E-state index in [0.29, 0.717) is 11.1 Å². The summed E-state index contributed by atoms with van der Waals surface area (Å²) < 4.78 is 0. The van der Waals surface area contributed by atoms with Crippen molar-refractivity contribution in [2.45, 2.75) is 19.0 Å². The average molecular weight is 303 g/mol. The molecule has 108 valence electrons. The lowest BCUT2D eigenvalue weighted by molar-refractivity contribution is 0.408. The smallest absolute Gasteiger partial charge is 0.190 e. The minimum Gasteiger partial charge on any atom is -0.355 e. The Balaban J connectivity index is 2.91. The fraction of sp³-hybridized carbons (Fsp3) is 0.692. The van der Waals surface area contributed by atoms with Crippen LogP contribution in [0.5, 0.6) is 0 Å². The summed E-state index contributed by atoms with van der Waals surface area (Å²) in [6.45, 7) is 7.31. The summed E-state index contributed by atoms with van der Waals surface area (Å²) in [5.41, 5.74) is 0. The highest BCUT2D eigenvalue weighted by atomic mass is 35.5. The van der Waals surface area contributed by atoms with Crippen molar-refractivity contribution < 1.29 is 0 Å². The molecule has 1 heterocycles. The third-order valence-corrected chi connectivity index (χ3v) is 3.31. The number of aromatic nitrogens is 2. The molecular weight excluding hydrogens is 280 g/mol. The minimum absolute atomic E-state index is 0.507. The van der Waals surface area contributed by atoms with E-state index in [1.807, 2.05) is 12.3 Å². The molecule has 0 amide bonds. The van der Waals surface area contributed by atoms with Crippen LogP contribution < -0.4 is 4.90 Å². The lowest BCUT2D eigenvalue weighted by Crippen LogP contribution is -2.35. The predicted octanol–water partition coefficient (Wildman–Crippen LogP) is 2.88. The third kappa shape index (κ3) is 5.97. The molecule has 0 aliphatic carbocycles. The van der Waals surface area contributed by atoms with Crippen molar-refractivity contribution in [2.75, 3.05) is 44.9 Å². The minimum atomic E-state index is 0.507. The Morgan fingerprint density at radius 2 is 1.95 bits per heavy atom. The summed E-state index contributed by atoms with van der Waals surface area (Å²) in [5, 5.41) is 1.23. The molecule has 0 aromatic carbocycles. The number of halogens is 1. The van der Waals surface area contributed by atoms with Crippen LogP contribution in [0.3, 0.4) is 0 Å². The molecule has 1 rings (SSSR count). The van der Waals surface area contributed by atoms with Gasteiger partial charge in [-0.15, -0.1) is 0 Å². The molecular formula is C13H23ClN4S. The molecule has 0 saturated carbocycles. The molecule has 6 heteroatoms. The van der Waals surface area contributed by atoms with Gasteiger partial charge in [-0.3, -0.25) is 0 Å². The van der Waals surface area contributed by atoms with Gasteiger partial charge in [-0.1, -0.05) is 37.2 Å². The summed E-state index contributed by atoms with van der Waals surface area (Å²) in [4.78, 5) is 13.2. The molecule has 0 fully saturated rings. The van der Waals surface area contributed by atoms with Crippen molar-refractivity contribution in [2.24, 2.45) is 5.92 Å². The Bertz CT molecular complexity index is 398. The Morgan fingerprint density at radius 1 is 1.26 bits per heavy atom. The second-order valence-corrected chi connectivity index (χ2v) is 6.34. The summed E-state index contributed by atoms with van der Waals surface area (Å²) in [5.74, 6) is 1.49. The zero-order valence-corrected chi connectivity index (χ0v) is 13.9. The number of nitrogens with zero attached hydrogens (tertiary/aromatic N) is 4. The first kappa shape index (κ1) is 16.5. The number of thioether (sulfide) groups is 1. The number of rotatable bonds is 7. The van der Waals surface area contributed by atoms with Crippen LogP contribution in [-0.2, 0) is 0 Å². The van der Waals surface area contributed by atoms with E-state index in [4.69, 9.17) is 11.6 Å². The first-order chi connectivity index (χ1) is 8.92. The topological polar surface area (TPSA) is 32.3 Å². The van der Waals surface area contributed by atoms with Crippen LogP contribution in [0.1, 0.15) is 13.8 Å².